The van der Waals surface area contributed by atoms with Crippen LogP contribution >= 0.6 is 0 Å². The summed E-state index contributed by atoms with van der Waals surface area (Å²) in [6.07, 6.45) is 0.705. The van der Waals surface area contributed by atoms with Crippen LogP contribution < -0.4 is 10.5 Å². The van der Waals surface area contributed by atoms with E-state index >= 15 is 0 Å². The number of hydrogen-bond acceptors (Lipinski definition) is 7. The van der Waals surface area contributed by atoms with Crippen LogP contribution in [0.3, 0.4) is 0 Å². The molecule has 0 bridgehead atoms. The van der Waals surface area contributed by atoms with E-state index < -0.39 is 5.60 Å². The summed E-state index contributed by atoms with van der Waals surface area (Å²) in [5, 5.41) is 11.3. The number of anilines is 1. The molecular formula is C22H29N5O4. The summed E-state index contributed by atoms with van der Waals surface area (Å²) in [4.78, 5) is 23.3. The molecule has 166 valence electrons. The van der Waals surface area contributed by atoms with Crippen LogP contribution in [0.1, 0.15) is 26.6 Å². The topological polar surface area (TPSA) is 116 Å². The van der Waals surface area contributed by atoms with Crippen molar-refractivity contribution in [3.8, 4) is 5.75 Å². The molecule has 3 heterocycles. The number of aryl methyl sites for hydroxylation is 1. The van der Waals surface area contributed by atoms with Gasteiger partial charge in [-0.25, -0.2) is 9.97 Å². The van der Waals surface area contributed by atoms with Crippen LogP contribution in [0.4, 0.5) is 5.82 Å². The summed E-state index contributed by atoms with van der Waals surface area (Å²) >= 11 is 0. The van der Waals surface area contributed by atoms with Crippen LogP contribution in [0.25, 0.3) is 21.9 Å². The zero-order valence-corrected chi connectivity index (χ0v) is 18.2. The number of morpholine rings is 1. The number of aliphatic hydroxyl groups is 1. The van der Waals surface area contributed by atoms with Crippen molar-refractivity contribution in [1.29, 1.82) is 0 Å². The molecule has 3 N–H and O–H groups in total. The Morgan fingerprint density at radius 2 is 2.03 bits per heavy atom. The quantitative estimate of drug-likeness (QED) is 0.615. The number of hydrogen-bond donors (Lipinski definition) is 2. The van der Waals surface area contributed by atoms with Crippen molar-refractivity contribution in [1.82, 2.24) is 19.4 Å². The molecule has 0 atom stereocenters. The fraction of sp³-hybridized carbons (Fsp3) is 0.500. The van der Waals surface area contributed by atoms with E-state index in [9.17, 15) is 9.90 Å². The fourth-order valence-corrected chi connectivity index (χ4v) is 3.90. The number of imidazole rings is 1. The third kappa shape index (κ3) is 4.42. The number of amides is 1. The second-order valence-corrected chi connectivity index (χ2v) is 8.44. The summed E-state index contributed by atoms with van der Waals surface area (Å²) in [5.74, 6) is 1.65. The lowest BCUT2D eigenvalue weighted by molar-refractivity contribution is -0.137. The maximum atomic E-state index is 12.4. The fourth-order valence-electron chi connectivity index (χ4n) is 3.90. The van der Waals surface area contributed by atoms with Gasteiger partial charge in [-0.15, -0.1) is 0 Å². The first kappa shape index (κ1) is 21.3. The minimum Gasteiger partial charge on any atom is -0.484 e. The van der Waals surface area contributed by atoms with Crippen molar-refractivity contribution in [3.63, 3.8) is 0 Å². The monoisotopic (exact) mass is 427 g/mol. The summed E-state index contributed by atoms with van der Waals surface area (Å²) in [7, 11) is 0. The number of nitrogens with zero attached hydrogens (tertiary/aromatic N) is 4. The number of rotatable bonds is 6. The molecular weight excluding hydrogens is 398 g/mol. The number of carbonyl (C=O) groups excluding carboxylic acids is 1. The van der Waals surface area contributed by atoms with Gasteiger partial charge in [-0.3, -0.25) is 4.79 Å². The van der Waals surface area contributed by atoms with Crippen molar-refractivity contribution in [2.24, 2.45) is 0 Å². The first-order chi connectivity index (χ1) is 14.8. The van der Waals surface area contributed by atoms with Crippen molar-refractivity contribution in [2.45, 2.75) is 39.3 Å². The summed E-state index contributed by atoms with van der Waals surface area (Å²) in [6.45, 7) is 8.17. The molecule has 1 aliphatic heterocycles. The van der Waals surface area contributed by atoms with Crippen molar-refractivity contribution in [2.75, 3.05) is 38.6 Å². The van der Waals surface area contributed by atoms with Crippen molar-refractivity contribution >= 4 is 33.7 Å². The normalized spacial score (nSPS) is 15.0. The van der Waals surface area contributed by atoms with Gasteiger partial charge in [0.05, 0.1) is 36.4 Å². The lowest BCUT2D eigenvalue weighted by Crippen LogP contribution is -2.42. The maximum Gasteiger partial charge on any atom is 0.260 e. The van der Waals surface area contributed by atoms with Crippen LogP contribution in [0.15, 0.2) is 18.2 Å². The molecule has 0 radical (unpaired) electrons. The van der Waals surface area contributed by atoms with E-state index in [1.54, 1.807) is 24.8 Å². The van der Waals surface area contributed by atoms with Gasteiger partial charge < -0.3 is 29.8 Å². The summed E-state index contributed by atoms with van der Waals surface area (Å²) < 4.78 is 13.0. The van der Waals surface area contributed by atoms with E-state index in [2.05, 4.69) is 9.97 Å². The Morgan fingerprint density at radius 1 is 1.29 bits per heavy atom. The van der Waals surface area contributed by atoms with Gasteiger partial charge in [0.2, 0.25) is 0 Å². The average Bonchev–Trinajstić information content (AvgIpc) is 3.10. The lowest BCUT2D eigenvalue weighted by Gasteiger charge is -2.26. The Bertz CT molecular complexity index is 1110. The molecule has 1 aromatic carbocycles. The second-order valence-electron chi connectivity index (χ2n) is 8.44. The second kappa shape index (κ2) is 8.32. The number of ether oxygens (including phenoxy) is 2. The number of aromatic nitrogens is 3. The first-order valence-corrected chi connectivity index (χ1v) is 10.6. The van der Waals surface area contributed by atoms with Crippen LogP contribution in [-0.2, 0) is 22.5 Å². The molecule has 1 aliphatic rings. The molecule has 0 saturated carbocycles. The van der Waals surface area contributed by atoms with Gasteiger partial charge in [-0.2, -0.15) is 0 Å². The van der Waals surface area contributed by atoms with Gasteiger partial charge in [0, 0.05) is 31.0 Å². The Balaban J connectivity index is 1.67. The highest BCUT2D eigenvalue weighted by atomic mass is 16.5. The van der Waals surface area contributed by atoms with E-state index in [1.165, 1.54) is 0 Å². The van der Waals surface area contributed by atoms with Gasteiger partial charge >= 0.3 is 0 Å². The molecule has 1 amide bonds. The Morgan fingerprint density at radius 3 is 2.71 bits per heavy atom. The predicted octanol–water partition coefficient (Wildman–Crippen LogP) is 1.74. The van der Waals surface area contributed by atoms with Crippen molar-refractivity contribution < 1.29 is 19.4 Å². The van der Waals surface area contributed by atoms with Crippen LogP contribution in [0, 0.1) is 0 Å². The zero-order chi connectivity index (χ0) is 22.2. The van der Waals surface area contributed by atoms with Crippen LogP contribution in [0.5, 0.6) is 5.75 Å². The molecule has 9 nitrogen and oxygen atoms in total. The highest BCUT2D eigenvalue weighted by Gasteiger charge is 2.22. The molecule has 0 spiro atoms. The largest absolute Gasteiger partial charge is 0.484 e. The summed E-state index contributed by atoms with van der Waals surface area (Å²) in [5.41, 5.74) is 7.45. The third-order valence-electron chi connectivity index (χ3n) is 5.34. The third-order valence-corrected chi connectivity index (χ3v) is 5.34. The highest BCUT2D eigenvalue weighted by Crippen LogP contribution is 2.32. The number of nitrogens with two attached hydrogens (primary N) is 1. The van der Waals surface area contributed by atoms with E-state index in [-0.39, 0.29) is 12.5 Å². The van der Waals surface area contributed by atoms with Crippen molar-refractivity contribution in [3.05, 3.63) is 24.0 Å². The first-order valence-electron chi connectivity index (χ1n) is 10.6. The Kier molecular flexibility index (Phi) is 5.72. The molecule has 31 heavy (non-hydrogen) atoms. The highest BCUT2D eigenvalue weighted by molar-refractivity contribution is 6.07. The molecule has 0 unspecified atom stereocenters. The standard InChI is InChI=1S/C22H29N5O4/c1-4-17-25-19-20(27(17)13-22(2,3)29)15-6-5-14(11-16(15)24-21(19)23)31-12-18(28)26-7-9-30-10-8-26/h5-6,11,29H,4,7-10,12-13H2,1-3H3,(H2,23,24). The Labute approximate surface area is 180 Å². The molecule has 2 aromatic heterocycles. The maximum absolute atomic E-state index is 12.4. The molecule has 1 saturated heterocycles. The minimum absolute atomic E-state index is 0.0418. The SMILES string of the molecule is CCc1nc2c(N)nc3cc(OCC(=O)N4CCOCC4)ccc3c2n1CC(C)(C)O. The Hall–Kier alpha value is -2.91. The van der Waals surface area contributed by atoms with E-state index in [0.717, 1.165) is 16.7 Å². The molecule has 1 fully saturated rings. The van der Waals surface area contributed by atoms with Gasteiger partial charge in [0.15, 0.2) is 12.4 Å². The van der Waals surface area contributed by atoms with Gasteiger partial charge in [-0.1, -0.05) is 6.92 Å². The molecule has 4 rings (SSSR count). The number of pyridine rings is 1. The molecule has 0 aliphatic carbocycles. The number of fused-ring (bicyclic) bond motifs is 3. The van der Waals surface area contributed by atoms with Gasteiger partial charge in [0.1, 0.15) is 17.1 Å². The van der Waals surface area contributed by atoms with E-state index in [4.69, 9.17) is 15.2 Å². The summed E-state index contributed by atoms with van der Waals surface area (Å²) in [6, 6.07) is 5.50. The van der Waals surface area contributed by atoms with E-state index in [1.807, 2.05) is 23.6 Å². The van der Waals surface area contributed by atoms with Gasteiger partial charge in [0.25, 0.3) is 5.91 Å². The zero-order valence-electron chi connectivity index (χ0n) is 18.2. The smallest absolute Gasteiger partial charge is 0.260 e. The van der Waals surface area contributed by atoms with E-state index in [0.29, 0.717) is 61.9 Å². The minimum atomic E-state index is -0.912. The predicted molar refractivity (Wildman–Crippen MR) is 118 cm³/mol. The number of carbonyl (C=O) groups is 1. The molecule has 9 heteroatoms. The average molecular weight is 428 g/mol. The molecule has 3 aromatic rings. The number of benzene rings is 1. The van der Waals surface area contributed by atoms with Crippen LogP contribution in [0.2, 0.25) is 0 Å². The lowest BCUT2D eigenvalue weighted by atomic mass is 10.1. The van der Waals surface area contributed by atoms with Crippen LogP contribution in [-0.4, -0.2) is 69.0 Å². The van der Waals surface area contributed by atoms with Gasteiger partial charge in [-0.05, 0) is 26.0 Å². The number of nitrogen functional groups attached to an aromatic ring is 1.